The summed E-state index contributed by atoms with van der Waals surface area (Å²) in [5, 5.41) is 10.8. The van der Waals surface area contributed by atoms with E-state index in [4.69, 9.17) is 12.2 Å². The fourth-order valence-corrected chi connectivity index (χ4v) is 2.72. The molecule has 128 valence electrons. The van der Waals surface area contributed by atoms with E-state index in [1.807, 2.05) is 29.9 Å². The zero-order valence-corrected chi connectivity index (χ0v) is 14.9. The maximum absolute atomic E-state index is 13.4. The van der Waals surface area contributed by atoms with Crippen LogP contribution in [0.1, 0.15) is 16.7 Å². The maximum atomic E-state index is 13.4. The first-order valence-corrected chi connectivity index (χ1v) is 8.33. The second-order valence-corrected chi connectivity index (χ2v) is 6.30. The van der Waals surface area contributed by atoms with Crippen molar-refractivity contribution in [2.45, 2.75) is 20.4 Å². The van der Waals surface area contributed by atoms with E-state index in [2.05, 4.69) is 34.8 Å². The van der Waals surface area contributed by atoms with Gasteiger partial charge in [0.25, 0.3) is 0 Å². The topological polar surface area (TPSA) is 41.9 Å². The van der Waals surface area contributed by atoms with Crippen molar-refractivity contribution in [3.63, 3.8) is 0 Å². The Bertz CT molecular complexity index is 904. The zero-order valence-electron chi connectivity index (χ0n) is 14.1. The molecule has 0 fully saturated rings. The van der Waals surface area contributed by atoms with Crippen molar-refractivity contribution in [2.24, 2.45) is 0 Å². The Kier molecular flexibility index (Phi) is 5.09. The van der Waals surface area contributed by atoms with Gasteiger partial charge in [-0.2, -0.15) is 5.10 Å². The minimum absolute atomic E-state index is 0.304. The summed E-state index contributed by atoms with van der Waals surface area (Å²) in [5.41, 5.74) is 4.78. The predicted octanol–water partition coefficient (Wildman–Crippen LogP) is 4.50. The van der Waals surface area contributed by atoms with Crippen molar-refractivity contribution < 1.29 is 4.39 Å². The van der Waals surface area contributed by atoms with Gasteiger partial charge < -0.3 is 10.6 Å². The number of thiocarbonyl (C=S) groups is 1. The van der Waals surface area contributed by atoms with Gasteiger partial charge in [0.15, 0.2) is 5.11 Å². The number of halogens is 1. The van der Waals surface area contributed by atoms with Gasteiger partial charge in [-0.1, -0.05) is 30.3 Å². The molecule has 0 aliphatic heterocycles. The number of aryl methyl sites for hydroxylation is 2. The highest BCUT2D eigenvalue weighted by Crippen LogP contribution is 2.17. The molecule has 0 saturated heterocycles. The van der Waals surface area contributed by atoms with Crippen LogP contribution in [0.2, 0.25) is 0 Å². The van der Waals surface area contributed by atoms with Crippen LogP contribution in [0.4, 0.5) is 15.8 Å². The second kappa shape index (κ2) is 7.44. The highest BCUT2D eigenvalue weighted by molar-refractivity contribution is 7.80. The minimum atomic E-state index is -0.304. The van der Waals surface area contributed by atoms with E-state index in [0.29, 0.717) is 17.3 Å². The van der Waals surface area contributed by atoms with Gasteiger partial charge in [-0.3, -0.25) is 4.68 Å². The van der Waals surface area contributed by atoms with Crippen LogP contribution < -0.4 is 10.6 Å². The molecular formula is C19H19FN4S. The Morgan fingerprint density at radius 1 is 1.12 bits per heavy atom. The largest absolute Gasteiger partial charge is 0.332 e. The smallest absolute Gasteiger partial charge is 0.175 e. The van der Waals surface area contributed by atoms with Crippen LogP contribution >= 0.6 is 12.2 Å². The predicted molar refractivity (Wildman–Crippen MR) is 103 cm³/mol. The first-order valence-electron chi connectivity index (χ1n) is 7.92. The lowest BCUT2D eigenvalue weighted by atomic mass is 10.1. The van der Waals surface area contributed by atoms with Crippen LogP contribution in [0.15, 0.2) is 54.9 Å². The number of nitrogens with one attached hydrogen (secondary N) is 2. The Labute approximate surface area is 151 Å². The summed E-state index contributed by atoms with van der Waals surface area (Å²) in [6.07, 6.45) is 3.60. The summed E-state index contributed by atoms with van der Waals surface area (Å²) >= 11 is 5.30. The van der Waals surface area contributed by atoms with Crippen molar-refractivity contribution in [1.82, 2.24) is 9.78 Å². The van der Waals surface area contributed by atoms with Gasteiger partial charge in [0.1, 0.15) is 5.82 Å². The molecule has 0 bridgehead atoms. The third-order valence-electron chi connectivity index (χ3n) is 3.93. The summed E-state index contributed by atoms with van der Waals surface area (Å²) in [6, 6.07) is 12.8. The van der Waals surface area contributed by atoms with Crippen LogP contribution in [-0.4, -0.2) is 14.9 Å². The lowest BCUT2D eigenvalue weighted by Gasteiger charge is -2.11. The second-order valence-electron chi connectivity index (χ2n) is 5.89. The highest BCUT2D eigenvalue weighted by Gasteiger charge is 2.06. The molecule has 0 unspecified atom stereocenters. The molecule has 2 N–H and O–H groups in total. The molecule has 0 spiro atoms. The molecule has 0 atom stereocenters. The number of hydrogen-bond donors (Lipinski definition) is 2. The SMILES string of the molecule is Cc1ccccc1Cn1cc(NC(=S)Nc2cc(F)ccc2C)cn1. The third-order valence-corrected chi connectivity index (χ3v) is 4.14. The molecule has 0 aliphatic carbocycles. The lowest BCUT2D eigenvalue weighted by molar-refractivity contribution is 0.628. The molecule has 6 heteroatoms. The van der Waals surface area contributed by atoms with Gasteiger partial charge in [-0.25, -0.2) is 4.39 Å². The van der Waals surface area contributed by atoms with Gasteiger partial charge in [-0.15, -0.1) is 0 Å². The van der Waals surface area contributed by atoms with Crippen molar-refractivity contribution in [3.8, 4) is 0 Å². The van der Waals surface area contributed by atoms with Crippen LogP contribution in [-0.2, 0) is 6.54 Å². The molecule has 0 saturated carbocycles. The summed E-state index contributed by atoms with van der Waals surface area (Å²) in [6.45, 7) is 4.67. The van der Waals surface area contributed by atoms with Crippen molar-refractivity contribution in [3.05, 3.63) is 77.4 Å². The molecule has 2 aromatic carbocycles. The van der Waals surface area contributed by atoms with Gasteiger partial charge >= 0.3 is 0 Å². The average Bonchev–Trinajstić information content (AvgIpc) is 3.00. The first kappa shape index (κ1) is 17.1. The van der Waals surface area contributed by atoms with Gasteiger partial charge in [0.2, 0.25) is 0 Å². The summed E-state index contributed by atoms with van der Waals surface area (Å²) in [4.78, 5) is 0. The summed E-state index contributed by atoms with van der Waals surface area (Å²) < 4.78 is 15.2. The third kappa shape index (κ3) is 4.42. The highest BCUT2D eigenvalue weighted by atomic mass is 32.1. The zero-order chi connectivity index (χ0) is 17.8. The molecule has 25 heavy (non-hydrogen) atoms. The molecule has 1 heterocycles. The molecule has 0 radical (unpaired) electrons. The number of anilines is 2. The number of nitrogens with zero attached hydrogens (tertiary/aromatic N) is 2. The lowest BCUT2D eigenvalue weighted by Crippen LogP contribution is -2.19. The number of rotatable bonds is 4. The quantitative estimate of drug-likeness (QED) is 0.677. The Morgan fingerprint density at radius 3 is 2.72 bits per heavy atom. The standard InChI is InChI=1S/C19H19FN4S/c1-13-5-3-4-6-15(13)11-24-12-17(10-21-24)22-19(25)23-18-9-16(20)8-7-14(18)2/h3-10,12H,11H2,1-2H3,(H2,22,23,25). The summed E-state index contributed by atoms with van der Waals surface area (Å²) in [5.74, 6) is -0.304. The normalized spacial score (nSPS) is 10.5. The van der Waals surface area contributed by atoms with Crippen molar-refractivity contribution in [2.75, 3.05) is 10.6 Å². The average molecular weight is 354 g/mol. The van der Waals surface area contributed by atoms with Crippen LogP contribution in [0.3, 0.4) is 0 Å². The van der Waals surface area contributed by atoms with E-state index in [-0.39, 0.29) is 5.82 Å². The fourth-order valence-electron chi connectivity index (χ4n) is 2.49. The van der Waals surface area contributed by atoms with Crippen molar-refractivity contribution >= 4 is 28.7 Å². The molecule has 0 aliphatic rings. The molecule has 0 amide bonds. The Hall–Kier alpha value is -2.73. The number of aromatic nitrogens is 2. The van der Waals surface area contributed by atoms with Crippen LogP contribution in [0.25, 0.3) is 0 Å². The molecule has 1 aromatic heterocycles. The van der Waals surface area contributed by atoms with E-state index in [0.717, 1.165) is 11.3 Å². The van der Waals surface area contributed by atoms with Gasteiger partial charge in [0, 0.05) is 11.9 Å². The van der Waals surface area contributed by atoms with Gasteiger partial charge in [0.05, 0.1) is 18.4 Å². The van der Waals surface area contributed by atoms with E-state index >= 15 is 0 Å². The van der Waals surface area contributed by atoms with Crippen LogP contribution in [0, 0.1) is 19.7 Å². The van der Waals surface area contributed by atoms with E-state index in [9.17, 15) is 4.39 Å². The fraction of sp³-hybridized carbons (Fsp3) is 0.158. The summed E-state index contributed by atoms with van der Waals surface area (Å²) in [7, 11) is 0. The van der Waals surface area contributed by atoms with Crippen molar-refractivity contribution in [1.29, 1.82) is 0 Å². The monoisotopic (exact) mass is 354 g/mol. The Balaban J connectivity index is 1.64. The molecule has 3 rings (SSSR count). The Morgan fingerprint density at radius 2 is 1.92 bits per heavy atom. The van der Waals surface area contributed by atoms with E-state index in [1.54, 1.807) is 12.3 Å². The van der Waals surface area contributed by atoms with Gasteiger partial charge in [-0.05, 0) is 54.9 Å². The van der Waals surface area contributed by atoms with E-state index in [1.165, 1.54) is 23.3 Å². The minimum Gasteiger partial charge on any atom is -0.332 e. The first-order chi connectivity index (χ1) is 12.0. The molecule has 4 nitrogen and oxygen atoms in total. The molecule has 3 aromatic rings. The number of hydrogen-bond acceptors (Lipinski definition) is 2. The molecular weight excluding hydrogens is 335 g/mol. The van der Waals surface area contributed by atoms with Crippen LogP contribution in [0.5, 0.6) is 0 Å². The maximum Gasteiger partial charge on any atom is 0.175 e. The number of benzene rings is 2. The van der Waals surface area contributed by atoms with E-state index < -0.39 is 0 Å².